The summed E-state index contributed by atoms with van der Waals surface area (Å²) in [7, 11) is 1.52. The Balaban J connectivity index is 2.03. The Bertz CT molecular complexity index is 915. The molecule has 0 aliphatic carbocycles. The van der Waals surface area contributed by atoms with Crippen molar-refractivity contribution in [3.8, 4) is 5.88 Å². The number of rotatable bonds is 7. The smallest absolute Gasteiger partial charge is 0.238 e. The van der Waals surface area contributed by atoms with Gasteiger partial charge in [-0.25, -0.2) is 0 Å². The predicted octanol–water partition coefficient (Wildman–Crippen LogP) is 5.59. The Morgan fingerprint density at radius 3 is 2.48 bits per heavy atom. The second-order valence-corrected chi connectivity index (χ2v) is 7.23. The van der Waals surface area contributed by atoms with Crippen molar-refractivity contribution >= 4 is 15.9 Å². The fourth-order valence-electron chi connectivity index (χ4n) is 3.31. The van der Waals surface area contributed by atoms with Crippen LogP contribution in [0.1, 0.15) is 40.6 Å². The summed E-state index contributed by atoms with van der Waals surface area (Å²) < 4.78 is 6.30. The quantitative estimate of drug-likeness (QED) is 0.463. The Morgan fingerprint density at radius 1 is 1.07 bits per heavy atom. The Morgan fingerprint density at radius 2 is 1.81 bits per heavy atom. The van der Waals surface area contributed by atoms with Gasteiger partial charge in [0, 0.05) is 16.0 Å². The second-order valence-electron chi connectivity index (χ2n) is 6.31. The molecule has 138 valence electrons. The maximum absolute atomic E-state index is 11.7. The van der Waals surface area contributed by atoms with Crippen molar-refractivity contribution < 1.29 is 4.74 Å². The highest BCUT2D eigenvalue weighted by atomic mass is 79.9. The first-order valence-electron chi connectivity index (χ1n) is 8.63. The molecule has 0 aliphatic rings. The van der Waals surface area contributed by atoms with E-state index in [4.69, 9.17) is 4.74 Å². The molecule has 5 nitrogen and oxygen atoms in total. The number of ether oxygens (including phenoxy) is 1. The first-order valence-corrected chi connectivity index (χ1v) is 9.42. The lowest BCUT2D eigenvalue weighted by atomic mass is 9.83. The molecule has 2 atom stereocenters. The van der Waals surface area contributed by atoms with E-state index in [0.717, 1.165) is 10.0 Å². The van der Waals surface area contributed by atoms with Gasteiger partial charge in [0.2, 0.25) is 5.88 Å². The molecule has 2 aromatic carbocycles. The minimum absolute atomic E-state index is 0.0138. The van der Waals surface area contributed by atoms with Crippen molar-refractivity contribution in [1.29, 1.82) is 0 Å². The number of aromatic nitrogens is 2. The van der Waals surface area contributed by atoms with Gasteiger partial charge in [-0.3, -0.25) is 0 Å². The summed E-state index contributed by atoms with van der Waals surface area (Å²) in [6.07, 6.45) is 2.07. The molecule has 6 heteroatoms. The van der Waals surface area contributed by atoms with Gasteiger partial charge in [-0.15, -0.1) is 5.10 Å². The highest BCUT2D eigenvalue weighted by molar-refractivity contribution is 9.10. The van der Waals surface area contributed by atoms with E-state index < -0.39 is 6.04 Å². The number of hydrogen-bond acceptors (Lipinski definition) is 5. The molecule has 3 rings (SSSR count). The van der Waals surface area contributed by atoms with E-state index in [9.17, 15) is 4.91 Å². The molecule has 1 unspecified atom stereocenters. The van der Waals surface area contributed by atoms with Crippen molar-refractivity contribution in [3.05, 3.63) is 92.4 Å². The van der Waals surface area contributed by atoms with Gasteiger partial charge in [-0.2, -0.15) is 10.0 Å². The highest BCUT2D eigenvalue weighted by Crippen LogP contribution is 2.39. The number of methoxy groups -OCH3 is 1. The molecule has 1 heterocycles. The van der Waals surface area contributed by atoms with Crippen LogP contribution in [-0.2, 0) is 0 Å². The first kappa shape index (κ1) is 19.2. The molecule has 27 heavy (non-hydrogen) atoms. The van der Waals surface area contributed by atoms with Crippen molar-refractivity contribution in [1.82, 2.24) is 10.2 Å². The molecule has 1 aromatic heterocycles. The second kappa shape index (κ2) is 8.86. The fraction of sp³-hybridized carbons (Fsp3) is 0.238. The van der Waals surface area contributed by atoms with Crippen LogP contribution >= 0.6 is 15.9 Å². The van der Waals surface area contributed by atoms with Crippen molar-refractivity contribution in [2.45, 2.75) is 25.3 Å². The van der Waals surface area contributed by atoms with Crippen LogP contribution in [0.3, 0.4) is 0 Å². The maximum Gasteiger partial charge on any atom is 0.238 e. The van der Waals surface area contributed by atoms with Gasteiger partial charge < -0.3 is 4.74 Å². The maximum atomic E-state index is 11.7. The number of halogens is 1. The zero-order valence-electron chi connectivity index (χ0n) is 15.2. The van der Waals surface area contributed by atoms with Gasteiger partial charge >= 0.3 is 0 Å². The summed E-state index contributed by atoms with van der Waals surface area (Å²) in [5, 5.41) is 11.2. The number of hydrogen-bond donors (Lipinski definition) is 0. The topological polar surface area (TPSA) is 64.4 Å². The van der Waals surface area contributed by atoms with Gasteiger partial charge in [0.1, 0.15) is 6.04 Å². The summed E-state index contributed by atoms with van der Waals surface area (Å²) >= 11 is 3.49. The molecule has 0 aliphatic heterocycles. The van der Waals surface area contributed by atoms with E-state index in [1.807, 2.05) is 24.3 Å². The van der Waals surface area contributed by atoms with E-state index in [2.05, 4.69) is 62.5 Å². The normalized spacial score (nSPS) is 13.0. The van der Waals surface area contributed by atoms with E-state index >= 15 is 0 Å². The molecule has 0 bridgehead atoms. The fourth-order valence-corrected chi connectivity index (χ4v) is 3.57. The molecule has 0 fully saturated rings. The lowest BCUT2D eigenvalue weighted by molar-refractivity contribution is 0.380. The summed E-state index contributed by atoms with van der Waals surface area (Å²) in [4.78, 5) is 11.7. The van der Waals surface area contributed by atoms with Gasteiger partial charge in [0.25, 0.3) is 0 Å². The van der Waals surface area contributed by atoms with Crippen molar-refractivity contribution in [3.63, 3.8) is 0 Å². The minimum Gasteiger partial charge on any atom is -0.480 e. The summed E-state index contributed by atoms with van der Waals surface area (Å²) in [6, 6.07) is 17.5. The van der Waals surface area contributed by atoms with E-state index in [-0.39, 0.29) is 5.92 Å². The first-order chi connectivity index (χ1) is 13.1. The van der Waals surface area contributed by atoms with E-state index in [1.165, 1.54) is 18.2 Å². The van der Waals surface area contributed by atoms with E-state index in [1.54, 1.807) is 12.3 Å². The molecular weight excluding hydrogens is 406 g/mol. The number of benzene rings is 2. The molecule has 0 spiro atoms. The van der Waals surface area contributed by atoms with Crippen molar-refractivity contribution in [2.75, 3.05) is 7.11 Å². The summed E-state index contributed by atoms with van der Waals surface area (Å²) in [5.74, 6) is 0.348. The Hall–Kier alpha value is -2.60. The van der Waals surface area contributed by atoms with Crippen LogP contribution in [0.4, 0.5) is 0 Å². The van der Waals surface area contributed by atoms with Crippen LogP contribution in [0.5, 0.6) is 5.88 Å². The molecule has 0 saturated heterocycles. The van der Waals surface area contributed by atoms with Crippen LogP contribution < -0.4 is 4.74 Å². The predicted molar refractivity (Wildman–Crippen MR) is 109 cm³/mol. The van der Waals surface area contributed by atoms with Gasteiger partial charge in [0.05, 0.1) is 13.3 Å². The molecule has 0 amide bonds. The van der Waals surface area contributed by atoms with E-state index in [0.29, 0.717) is 17.9 Å². The largest absolute Gasteiger partial charge is 0.480 e. The van der Waals surface area contributed by atoms with Crippen LogP contribution in [0.2, 0.25) is 0 Å². The number of nitrogens with zero attached hydrogens (tertiary/aromatic N) is 3. The third-order valence-corrected chi connectivity index (χ3v) is 5.22. The third kappa shape index (κ3) is 4.39. The molecular formula is C21H20BrN3O2. The van der Waals surface area contributed by atoms with Crippen LogP contribution in [0.25, 0.3) is 0 Å². The molecule has 0 N–H and O–H groups in total. The average Bonchev–Trinajstić information content (AvgIpc) is 2.71. The third-order valence-electron chi connectivity index (χ3n) is 4.69. The lowest BCUT2D eigenvalue weighted by Gasteiger charge is -2.23. The van der Waals surface area contributed by atoms with Crippen LogP contribution in [0.15, 0.2) is 70.4 Å². The van der Waals surface area contributed by atoms with Crippen LogP contribution in [-0.4, -0.2) is 17.3 Å². The molecule has 0 saturated carbocycles. The van der Waals surface area contributed by atoms with Gasteiger partial charge in [-0.05, 0) is 48.2 Å². The highest BCUT2D eigenvalue weighted by Gasteiger charge is 2.26. The van der Waals surface area contributed by atoms with Gasteiger partial charge in [0.15, 0.2) is 0 Å². The molecule has 0 radical (unpaired) electrons. The monoisotopic (exact) mass is 425 g/mol. The number of aryl methyl sites for hydroxylation is 1. The SMILES string of the molecule is COc1nnccc1C(C[C@@H](c1ccc(Br)cc1)c1ccccc1C)N=O. The summed E-state index contributed by atoms with van der Waals surface area (Å²) in [6.45, 7) is 2.08. The average molecular weight is 426 g/mol. The zero-order valence-corrected chi connectivity index (χ0v) is 16.8. The van der Waals surface area contributed by atoms with Gasteiger partial charge in [-0.1, -0.05) is 57.5 Å². The molecule has 3 aromatic rings. The number of nitroso groups, excluding NO2 is 1. The summed E-state index contributed by atoms with van der Waals surface area (Å²) in [5.41, 5.74) is 4.13. The minimum atomic E-state index is -0.594. The Labute approximate surface area is 166 Å². The standard InChI is InChI=1S/C21H20BrN3O2/c1-14-5-3-4-6-17(14)19(15-7-9-16(22)10-8-15)13-20(25-26)18-11-12-23-24-21(18)27-2/h3-12,19-20H,13H2,1-2H3/t19-,20?/m0/s1. The zero-order chi connectivity index (χ0) is 19.2. The van der Waals surface area contributed by atoms with Crippen LogP contribution in [0, 0.1) is 11.8 Å². The Kier molecular flexibility index (Phi) is 6.29. The van der Waals surface area contributed by atoms with Crippen molar-refractivity contribution in [2.24, 2.45) is 5.18 Å². The lowest BCUT2D eigenvalue weighted by Crippen LogP contribution is -2.10.